The van der Waals surface area contributed by atoms with Crippen LogP contribution in [0.2, 0.25) is 0 Å². The number of hydrogen-bond donors (Lipinski definition) is 1. The highest BCUT2D eigenvalue weighted by Crippen LogP contribution is 2.10. The van der Waals surface area contributed by atoms with Crippen LogP contribution in [0, 0.1) is 6.92 Å². The summed E-state index contributed by atoms with van der Waals surface area (Å²) in [6.07, 6.45) is 5.76. The predicted molar refractivity (Wildman–Crippen MR) is 65.6 cm³/mol. The molecule has 0 unspecified atom stereocenters. The standard InChI is InChI=1S/C12H20N4O/c1-10-7-14-16(8-10)9-12(17)15-5-3-11(13-2)4-6-15/h7-8,11,13H,3-6,9H2,1-2H3. The van der Waals surface area contributed by atoms with E-state index in [0.717, 1.165) is 31.5 Å². The Kier molecular flexibility index (Phi) is 3.78. The van der Waals surface area contributed by atoms with Gasteiger partial charge < -0.3 is 10.2 Å². The molecule has 0 radical (unpaired) electrons. The van der Waals surface area contributed by atoms with E-state index >= 15 is 0 Å². The molecule has 0 bridgehead atoms. The van der Waals surface area contributed by atoms with E-state index in [2.05, 4.69) is 10.4 Å². The van der Waals surface area contributed by atoms with Crippen molar-refractivity contribution < 1.29 is 4.79 Å². The van der Waals surface area contributed by atoms with Gasteiger partial charge in [-0.2, -0.15) is 5.10 Å². The highest BCUT2D eigenvalue weighted by atomic mass is 16.2. The largest absolute Gasteiger partial charge is 0.341 e. The summed E-state index contributed by atoms with van der Waals surface area (Å²) in [5.41, 5.74) is 1.09. The van der Waals surface area contributed by atoms with Gasteiger partial charge in [0.15, 0.2) is 0 Å². The van der Waals surface area contributed by atoms with Crippen molar-refractivity contribution in [2.45, 2.75) is 32.4 Å². The molecule has 1 aromatic rings. The molecule has 1 fully saturated rings. The summed E-state index contributed by atoms with van der Waals surface area (Å²) in [6, 6.07) is 0.561. The lowest BCUT2D eigenvalue weighted by atomic mass is 10.1. The van der Waals surface area contributed by atoms with Crippen LogP contribution in [-0.4, -0.2) is 46.8 Å². The quantitative estimate of drug-likeness (QED) is 0.826. The molecular weight excluding hydrogens is 216 g/mol. The van der Waals surface area contributed by atoms with Crippen molar-refractivity contribution >= 4 is 5.91 Å². The Morgan fingerprint density at radius 2 is 2.24 bits per heavy atom. The molecule has 0 aliphatic carbocycles. The molecule has 2 rings (SSSR count). The molecule has 5 heteroatoms. The summed E-state index contributed by atoms with van der Waals surface area (Å²) >= 11 is 0. The van der Waals surface area contributed by atoms with E-state index < -0.39 is 0 Å². The lowest BCUT2D eigenvalue weighted by molar-refractivity contribution is -0.133. The summed E-state index contributed by atoms with van der Waals surface area (Å²) in [5, 5.41) is 7.40. The van der Waals surface area contributed by atoms with Gasteiger partial charge in [-0.1, -0.05) is 0 Å². The lowest BCUT2D eigenvalue weighted by Gasteiger charge is -2.31. The number of carbonyl (C=O) groups excluding carboxylic acids is 1. The molecule has 1 aromatic heterocycles. The summed E-state index contributed by atoms with van der Waals surface area (Å²) in [5.74, 6) is 0.169. The number of nitrogens with zero attached hydrogens (tertiary/aromatic N) is 3. The van der Waals surface area contributed by atoms with Crippen LogP contribution in [0.5, 0.6) is 0 Å². The number of hydrogen-bond acceptors (Lipinski definition) is 3. The maximum atomic E-state index is 12.0. The first kappa shape index (κ1) is 12.1. The fourth-order valence-corrected chi connectivity index (χ4v) is 2.21. The monoisotopic (exact) mass is 236 g/mol. The average Bonchev–Trinajstić information content (AvgIpc) is 2.75. The van der Waals surface area contributed by atoms with Gasteiger partial charge in [0.1, 0.15) is 6.54 Å². The fraction of sp³-hybridized carbons (Fsp3) is 0.667. The van der Waals surface area contributed by atoms with Gasteiger partial charge in [-0.05, 0) is 32.4 Å². The van der Waals surface area contributed by atoms with Crippen LogP contribution in [-0.2, 0) is 11.3 Å². The second-order valence-corrected chi connectivity index (χ2v) is 4.66. The summed E-state index contributed by atoms with van der Waals surface area (Å²) < 4.78 is 1.71. The first-order chi connectivity index (χ1) is 8.19. The van der Waals surface area contributed by atoms with Crippen LogP contribution in [0.25, 0.3) is 0 Å². The molecule has 1 N–H and O–H groups in total. The number of aryl methyl sites for hydroxylation is 1. The highest BCUT2D eigenvalue weighted by molar-refractivity contribution is 5.76. The summed E-state index contributed by atoms with van der Waals surface area (Å²) in [7, 11) is 1.98. The van der Waals surface area contributed by atoms with Crippen molar-refractivity contribution in [3.63, 3.8) is 0 Å². The van der Waals surface area contributed by atoms with Crippen molar-refractivity contribution in [1.82, 2.24) is 20.0 Å². The normalized spacial score (nSPS) is 17.4. The number of carbonyl (C=O) groups is 1. The topological polar surface area (TPSA) is 50.2 Å². The summed E-state index contributed by atoms with van der Waals surface area (Å²) in [4.78, 5) is 14.0. The van der Waals surface area contributed by atoms with Crippen molar-refractivity contribution in [3.05, 3.63) is 18.0 Å². The van der Waals surface area contributed by atoms with Crippen LogP contribution >= 0.6 is 0 Å². The molecule has 1 aliphatic rings. The van der Waals surface area contributed by atoms with E-state index in [9.17, 15) is 4.79 Å². The molecule has 94 valence electrons. The average molecular weight is 236 g/mol. The van der Waals surface area contributed by atoms with E-state index in [0.29, 0.717) is 12.6 Å². The lowest BCUT2D eigenvalue weighted by Crippen LogP contribution is -2.45. The van der Waals surface area contributed by atoms with Gasteiger partial charge in [0.05, 0.1) is 6.20 Å². The molecule has 0 spiro atoms. The Hall–Kier alpha value is -1.36. The molecule has 5 nitrogen and oxygen atoms in total. The predicted octanol–water partition coefficient (Wildman–Crippen LogP) is 0.402. The Bertz CT molecular complexity index is 380. The van der Waals surface area contributed by atoms with Crippen LogP contribution in [0.3, 0.4) is 0 Å². The third kappa shape index (κ3) is 3.06. The smallest absolute Gasteiger partial charge is 0.244 e. The zero-order valence-electron chi connectivity index (χ0n) is 10.5. The highest BCUT2D eigenvalue weighted by Gasteiger charge is 2.21. The van der Waals surface area contributed by atoms with Crippen LogP contribution < -0.4 is 5.32 Å². The van der Waals surface area contributed by atoms with Gasteiger partial charge in [0.25, 0.3) is 0 Å². The van der Waals surface area contributed by atoms with Gasteiger partial charge in [0.2, 0.25) is 5.91 Å². The van der Waals surface area contributed by atoms with E-state index in [1.165, 1.54) is 0 Å². The molecule has 0 aromatic carbocycles. The van der Waals surface area contributed by atoms with Gasteiger partial charge >= 0.3 is 0 Å². The van der Waals surface area contributed by atoms with E-state index in [-0.39, 0.29) is 5.91 Å². The molecule has 0 atom stereocenters. The van der Waals surface area contributed by atoms with Crippen molar-refractivity contribution in [1.29, 1.82) is 0 Å². The second kappa shape index (κ2) is 5.31. The maximum Gasteiger partial charge on any atom is 0.244 e. The third-order valence-corrected chi connectivity index (χ3v) is 3.32. The maximum absolute atomic E-state index is 12.0. The zero-order valence-corrected chi connectivity index (χ0v) is 10.5. The van der Waals surface area contributed by atoms with Gasteiger partial charge in [-0.3, -0.25) is 9.48 Å². The fourth-order valence-electron chi connectivity index (χ4n) is 2.21. The second-order valence-electron chi connectivity index (χ2n) is 4.66. The molecule has 1 aliphatic heterocycles. The minimum Gasteiger partial charge on any atom is -0.341 e. The molecular formula is C12H20N4O. The number of piperidine rings is 1. The van der Waals surface area contributed by atoms with Gasteiger partial charge in [-0.25, -0.2) is 0 Å². The molecule has 2 heterocycles. The van der Waals surface area contributed by atoms with Gasteiger partial charge in [-0.15, -0.1) is 0 Å². The van der Waals surface area contributed by atoms with Crippen LogP contribution in [0.15, 0.2) is 12.4 Å². The molecule has 1 amide bonds. The first-order valence-electron chi connectivity index (χ1n) is 6.13. The Morgan fingerprint density at radius 3 is 2.76 bits per heavy atom. The van der Waals surface area contributed by atoms with Crippen LogP contribution in [0.1, 0.15) is 18.4 Å². The van der Waals surface area contributed by atoms with Crippen molar-refractivity contribution in [2.75, 3.05) is 20.1 Å². The van der Waals surface area contributed by atoms with E-state index in [1.54, 1.807) is 10.9 Å². The number of rotatable bonds is 3. The summed E-state index contributed by atoms with van der Waals surface area (Å²) in [6.45, 7) is 4.04. The Balaban J connectivity index is 1.85. The van der Waals surface area contributed by atoms with Gasteiger partial charge in [0, 0.05) is 25.3 Å². The number of amides is 1. The third-order valence-electron chi connectivity index (χ3n) is 3.32. The Morgan fingerprint density at radius 1 is 1.53 bits per heavy atom. The molecule has 1 saturated heterocycles. The number of aromatic nitrogens is 2. The Labute approximate surface area is 102 Å². The molecule has 17 heavy (non-hydrogen) atoms. The zero-order chi connectivity index (χ0) is 12.3. The minimum absolute atomic E-state index is 0.169. The SMILES string of the molecule is CNC1CCN(C(=O)Cn2cc(C)cn2)CC1. The van der Waals surface area contributed by atoms with Crippen molar-refractivity contribution in [2.24, 2.45) is 0 Å². The van der Waals surface area contributed by atoms with Crippen molar-refractivity contribution in [3.8, 4) is 0 Å². The number of likely N-dealkylation sites (tertiary alicyclic amines) is 1. The first-order valence-corrected chi connectivity index (χ1v) is 6.13. The van der Waals surface area contributed by atoms with E-state index in [4.69, 9.17) is 0 Å². The van der Waals surface area contributed by atoms with Crippen LogP contribution in [0.4, 0.5) is 0 Å². The molecule has 0 saturated carbocycles. The number of nitrogens with one attached hydrogen (secondary N) is 1. The van der Waals surface area contributed by atoms with E-state index in [1.807, 2.05) is 25.1 Å². The minimum atomic E-state index is 0.169.